The van der Waals surface area contributed by atoms with Gasteiger partial charge < -0.3 is 0 Å². The van der Waals surface area contributed by atoms with Crippen molar-refractivity contribution in [3.05, 3.63) is 29.6 Å². The molecule has 0 bridgehead atoms. The highest BCUT2D eigenvalue weighted by atomic mass is 32.2. The Labute approximate surface area is 107 Å². The van der Waals surface area contributed by atoms with Crippen LogP contribution < -0.4 is 0 Å². The monoisotopic (exact) mass is 250 g/mol. The van der Waals surface area contributed by atoms with Crippen molar-refractivity contribution in [1.82, 2.24) is 9.88 Å². The zero-order valence-corrected chi connectivity index (χ0v) is 11.7. The molecule has 0 saturated carbocycles. The van der Waals surface area contributed by atoms with Gasteiger partial charge in [-0.2, -0.15) is 10.5 Å². The Balaban J connectivity index is 1.92. The van der Waals surface area contributed by atoms with Crippen molar-refractivity contribution in [3.8, 4) is 0 Å². The first-order valence-corrected chi connectivity index (χ1v) is 8.02. The third-order valence-electron chi connectivity index (χ3n) is 3.24. The van der Waals surface area contributed by atoms with Gasteiger partial charge in [0.15, 0.2) is 0 Å². The summed E-state index contributed by atoms with van der Waals surface area (Å²) in [6.45, 7) is 7.80. The topological polar surface area (TPSA) is 16.1 Å². The minimum atomic E-state index is 0.414. The van der Waals surface area contributed by atoms with Crippen molar-refractivity contribution in [2.24, 2.45) is 0 Å². The molecule has 2 rings (SSSR count). The lowest BCUT2D eigenvalue weighted by Crippen LogP contribution is -2.32. The van der Waals surface area contributed by atoms with Crippen LogP contribution in [0.1, 0.15) is 31.0 Å². The van der Waals surface area contributed by atoms with Crippen molar-refractivity contribution < 1.29 is 0 Å². The van der Waals surface area contributed by atoms with Crippen molar-refractivity contribution in [1.29, 1.82) is 0 Å². The van der Waals surface area contributed by atoms with Gasteiger partial charge in [-0.25, -0.2) is 0 Å². The molecule has 0 aliphatic carbocycles. The molecule has 0 unspecified atom stereocenters. The van der Waals surface area contributed by atoms with Crippen LogP contribution in [-0.2, 0) is 6.54 Å². The van der Waals surface area contributed by atoms with E-state index in [1.165, 1.54) is 35.9 Å². The van der Waals surface area contributed by atoms with Gasteiger partial charge in [0, 0.05) is 43.0 Å². The molecule has 0 amide bonds. The third-order valence-corrected chi connectivity index (χ3v) is 4.76. The molecule has 17 heavy (non-hydrogen) atoms. The molecule has 94 valence electrons. The van der Waals surface area contributed by atoms with Crippen molar-refractivity contribution >= 4 is 16.4 Å². The molecule has 0 atom stereocenters. The van der Waals surface area contributed by atoms with Gasteiger partial charge >= 0.3 is 0 Å². The maximum Gasteiger partial charge on any atom is 0.0429 e. The van der Waals surface area contributed by atoms with Crippen LogP contribution in [0.3, 0.4) is 0 Å². The zero-order valence-electron chi connectivity index (χ0n) is 10.9. The van der Waals surface area contributed by atoms with Gasteiger partial charge in [0.25, 0.3) is 0 Å². The Bertz CT molecular complexity index is 374. The summed E-state index contributed by atoms with van der Waals surface area (Å²) in [5, 5.41) is 0. The fourth-order valence-corrected chi connectivity index (χ4v) is 3.25. The van der Waals surface area contributed by atoms with Crippen LogP contribution in [0, 0.1) is 0 Å². The summed E-state index contributed by atoms with van der Waals surface area (Å²) >= 11 is 0. The molecule has 0 N–H and O–H groups in total. The predicted molar refractivity (Wildman–Crippen MR) is 78.0 cm³/mol. The standard InChI is InChI=1S/C14H22N2S/c1-12(2)14-5-4-13(10-15-14)11-16-6-8-17(3)9-7-16/h4-5,10,12H,3,6-9,11H2,1-2H3. The average Bonchev–Trinajstić information content (AvgIpc) is 2.33. The van der Waals surface area contributed by atoms with Crippen LogP contribution >= 0.6 is 10.5 Å². The summed E-state index contributed by atoms with van der Waals surface area (Å²) in [7, 11) is 0.414. The van der Waals surface area contributed by atoms with E-state index in [-0.39, 0.29) is 0 Å². The summed E-state index contributed by atoms with van der Waals surface area (Å²) in [6.07, 6.45) is 2.04. The molecule has 0 radical (unpaired) electrons. The smallest absolute Gasteiger partial charge is 0.0429 e. The summed E-state index contributed by atoms with van der Waals surface area (Å²) in [5.74, 6) is 7.20. The molecule has 1 aliphatic heterocycles. The SMILES string of the molecule is C=S1CCN(Cc2ccc(C(C)C)nc2)CC1. The number of hydrogen-bond donors (Lipinski definition) is 0. The van der Waals surface area contributed by atoms with Gasteiger partial charge in [0.05, 0.1) is 0 Å². The number of aromatic nitrogens is 1. The Hall–Kier alpha value is -0.670. The van der Waals surface area contributed by atoms with Crippen LogP contribution in [0.15, 0.2) is 18.3 Å². The maximum atomic E-state index is 4.52. The molecule has 0 aromatic carbocycles. The molecule has 3 heteroatoms. The minimum absolute atomic E-state index is 0.414. The summed E-state index contributed by atoms with van der Waals surface area (Å²) < 4.78 is 0. The Morgan fingerprint density at radius 2 is 2.06 bits per heavy atom. The first-order valence-electron chi connectivity index (χ1n) is 6.29. The normalized spacial score (nSPS) is 18.8. The fraction of sp³-hybridized carbons (Fsp3) is 0.571. The van der Waals surface area contributed by atoms with Crippen molar-refractivity contribution in [2.75, 3.05) is 24.6 Å². The predicted octanol–water partition coefficient (Wildman–Crippen LogP) is 2.72. The highest BCUT2D eigenvalue weighted by molar-refractivity contribution is 8.14. The van der Waals surface area contributed by atoms with Gasteiger partial charge in [-0.05, 0) is 17.5 Å². The number of rotatable bonds is 3. The van der Waals surface area contributed by atoms with E-state index in [2.05, 4.69) is 41.7 Å². The van der Waals surface area contributed by atoms with Gasteiger partial charge in [-0.15, -0.1) is 0 Å². The van der Waals surface area contributed by atoms with Gasteiger partial charge in [0.2, 0.25) is 0 Å². The number of nitrogens with zero attached hydrogens (tertiary/aromatic N) is 2. The lowest BCUT2D eigenvalue weighted by molar-refractivity contribution is 0.294. The van der Waals surface area contributed by atoms with E-state index in [9.17, 15) is 0 Å². The van der Waals surface area contributed by atoms with Crippen LogP contribution in [0.4, 0.5) is 0 Å². The summed E-state index contributed by atoms with van der Waals surface area (Å²) in [4.78, 5) is 7.04. The first-order chi connectivity index (χ1) is 8.15. The van der Waals surface area contributed by atoms with Gasteiger partial charge in [0.1, 0.15) is 0 Å². The first kappa shape index (κ1) is 12.8. The Kier molecular flexibility index (Phi) is 4.35. The van der Waals surface area contributed by atoms with E-state index in [0.717, 1.165) is 6.54 Å². The fourth-order valence-electron chi connectivity index (χ4n) is 2.02. The van der Waals surface area contributed by atoms with Crippen LogP contribution in [-0.4, -0.2) is 40.3 Å². The van der Waals surface area contributed by atoms with E-state index < -0.39 is 0 Å². The molecule has 2 nitrogen and oxygen atoms in total. The minimum Gasteiger partial charge on any atom is -0.297 e. The van der Waals surface area contributed by atoms with E-state index in [1.807, 2.05) is 6.20 Å². The Morgan fingerprint density at radius 3 is 2.59 bits per heavy atom. The van der Waals surface area contributed by atoms with E-state index in [1.54, 1.807) is 0 Å². The molecule has 2 heterocycles. The van der Waals surface area contributed by atoms with Crippen molar-refractivity contribution in [3.63, 3.8) is 0 Å². The van der Waals surface area contributed by atoms with Crippen LogP contribution in [0.2, 0.25) is 0 Å². The highest BCUT2D eigenvalue weighted by Gasteiger charge is 2.12. The molecular weight excluding hydrogens is 228 g/mol. The second-order valence-electron chi connectivity index (χ2n) is 5.04. The summed E-state index contributed by atoms with van der Waals surface area (Å²) in [6, 6.07) is 4.39. The quantitative estimate of drug-likeness (QED) is 0.767. The maximum absolute atomic E-state index is 4.52. The lowest BCUT2D eigenvalue weighted by Gasteiger charge is -2.28. The second-order valence-corrected chi connectivity index (χ2v) is 7.08. The molecular formula is C14H22N2S. The van der Waals surface area contributed by atoms with Crippen molar-refractivity contribution in [2.45, 2.75) is 26.3 Å². The summed E-state index contributed by atoms with van der Waals surface area (Å²) in [5.41, 5.74) is 2.52. The molecule has 1 fully saturated rings. The van der Waals surface area contributed by atoms with Crippen LogP contribution in [0.5, 0.6) is 0 Å². The second kappa shape index (κ2) is 5.78. The largest absolute Gasteiger partial charge is 0.297 e. The molecule has 1 saturated heterocycles. The van der Waals surface area contributed by atoms with E-state index >= 15 is 0 Å². The third kappa shape index (κ3) is 3.65. The number of hydrogen-bond acceptors (Lipinski definition) is 2. The molecule has 1 aliphatic rings. The van der Waals surface area contributed by atoms with Gasteiger partial charge in [-0.3, -0.25) is 9.88 Å². The van der Waals surface area contributed by atoms with E-state index in [0.29, 0.717) is 16.4 Å². The van der Waals surface area contributed by atoms with Gasteiger partial charge in [-0.1, -0.05) is 25.8 Å². The zero-order chi connectivity index (χ0) is 12.3. The molecule has 1 aromatic heterocycles. The molecule has 0 spiro atoms. The lowest BCUT2D eigenvalue weighted by atomic mass is 10.1. The average molecular weight is 250 g/mol. The number of pyridine rings is 1. The molecule has 1 aromatic rings. The highest BCUT2D eigenvalue weighted by Crippen LogP contribution is 2.18. The van der Waals surface area contributed by atoms with E-state index in [4.69, 9.17) is 0 Å². The van der Waals surface area contributed by atoms with Crippen LogP contribution in [0.25, 0.3) is 0 Å². The Morgan fingerprint density at radius 1 is 1.35 bits per heavy atom.